The Kier molecular flexibility index (Phi) is 4.79. The molecule has 6 nitrogen and oxygen atoms in total. The van der Waals surface area contributed by atoms with Gasteiger partial charge in [-0.2, -0.15) is 0 Å². The lowest BCUT2D eigenvalue weighted by molar-refractivity contribution is 0.00785. The molecule has 1 aromatic heterocycles. The third-order valence-corrected chi connectivity index (χ3v) is 6.81. The maximum atomic E-state index is 12.8. The fourth-order valence-electron chi connectivity index (χ4n) is 3.74. The van der Waals surface area contributed by atoms with Crippen LogP contribution in [0.3, 0.4) is 0 Å². The summed E-state index contributed by atoms with van der Waals surface area (Å²) in [5.74, 6) is 1.11. The smallest absolute Gasteiger partial charge is 0.263 e. The van der Waals surface area contributed by atoms with Crippen LogP contribution < -0.4 is 14.8 Å². The SMILES string of the molecule is COc1ccc2c(c1)C(=O)NCC1(CCN(C(=O)c3cc(C)c(C)s3)CC1)O2. The van der Waals surface area contributed by atoms with E-state index in [1.165, 1.54) is 4.88 Å². The second-order valence-corrected chi connectivity index (χ2v) is 8.73. The Balaban J connectivity index is 1.50. The van der Waals surface area contributed by atoms with Gasteiger partial charge in [-0.1, -0.05) is 0 Å². The van der Waals surface area contributed by atoms with Crippen LogP contribution in [0.2, 0.25) is 0 Å². The Morgan fingerprint density at radius 2 is 2.00 bits per heavy atom. The Hall–Kier alpha value is -2.54. The number of likely N-dealkylation sites (tertiary alicyclic amines) is 1. The molecule has 148 valence electrons. The van der Waals surface area contributed by atoms with Gasteiger partial charge in [0.15, 0.2) is 0 Å². The van der Waals surface area contributed by atoms with Crippen LogP contribution in [0, 0.1) is 13.8 Å². The summed E-state index contributed by atoms with van der Waals surface area (Å²) in [7, 11) is 1.57. The largest absolute Gasteiger partial charge is 0.497 e. The van der Waals surface area contributed by atoms with Crippen molar-refractivity contribution in [1.29, 1.82) is 0 Å². The average Bonchev–Trinajstić information content (AvgIpc) is 2.98. The number of ether oxygens (including phenoxy) is 2. The van der Waals surface area contributed by atoms with E-state index >= 15 is 0 Å². The van der Waals surface area contributed by atoms with Crippen molar-refractivity contribution in [3.63, 3.8) is 0 Å². The van der Waals surface area contributed by atoms with Crippen molar-refractivity contribution < 1.29 is 19.1 Å². The summed E-state index contributed by atoms with van der Waals surface area (Å²) in [6.07, 6.45) is 1.35. The molecular formula is C21H24N2O4S. The minimum absolute atomic E-state index is 0.0823. The number of hydrogen-bond donors (Lipinski definition) is 1. The summed E-state index contributed by atoms with van der Waals surface area (Å²) in [6.45, 7) is 5.72. The van der Waals surface area contributed by atoms with E-state index in [0.717, 1.165) is 10.4 Å². The van der Waals surface area contributed by atoms with Gasteiger partial charge in [0.1, 0.15) is 17.1 Å². The van der Waals surface area contributed by atoms with E-state index in [-0.39, 0.29) is 11.8 Å². The van der Waals surface area contributed by atoms with Crippen LogP contribution >= 0.6 is 11.3 Å². The van der Waals surface area contributed by atoms with E-state index in [1.807, 2.05) is 24.8 Å². The van der Waals surface area contributed by atoms with Crippen LogP contribution in [0.25, 0.3) is 0 Å². The van der Waals surface area contributed by atoms with E-state index in [4.69, 9.17) is 9.47 Å². The number of hydrogen-bond acceptors (Lipinski definition) is 5. The van der Waals surface area contributed by atoms with Crippen LogP contribution in [0.5, 0.6) is 11.5 Å². The van der Waals surface area contributed by atoms with Gasteiger partial charge in [0, 0.05) is 30.8 Å². The number of aryl methyl sites for hydroxylation is 2. The van der Waals surface area contributed by atoms with Gasteiger partial charge >= 0.3 is 0 Å². The number of amides is 2. The molecule has 2 aliphatic heterocycles. The second kappa shape index (κ2) is 7.13. The minimum atomic E-state index is -0.492. The first-order valence-corrected chi connectivity index (χ1v) is 10.2. The monoisotopic (exact) mass is 400 g/mol. The van der Waals surface area contributed by atoms with Crippen molar-refractivity contribution in [3.8, 4) is 11.5 Å². The molecule has 1 fully saturated rings. The lowest BCUT2D eigenvalue weighted by Crippen LogP contribution is -2.54. The van der Waals surface area contributed by atoms with Gasteiger partial charge in [0.2, 0.25) is 0 Å². The van der Waals surface area contributed by atoms with Crippen molar-refractivity contribution in [2.24, 2.45) is 0 Å². The number of nitrogens with zero attached hydrogens (tertiary/aromatic N) is 1. The molecule has 0 unspecified atom stereocenters. The highest BCUT2D eigenvalue weighted by Crippen LogP contribution is 2.35. The number of methoxy groups -OCH3 is 1. The van der Waals surface area contributed by atoms with Crippen LogP contribution in [-0.4, -0.2) is 49.1 Å². The van der Waals surface area contributed by atoms with Gasteiger partial charge in [-0.25, -0.2) is 0 Å². The Morgan fingerprint density at radius 1 is 1.25 bits per heavy atom. The summed E-state index contributed by atoms with van der Waals surface area (Å²) in [5.41, 5.74) is 1.15. The molecule has 0 saturated carbocycles. The summed E-state index contributed by atoms with van der Waals surface area (Å²) >= 11 is 1.55. The lowest BCUT2D eigenvalue weighted by Gasteiger charge is -2.41. The van der Waals surface area contributed by atoms with Crippen LogP contribution in [0.15, 0.2) is 24.3 Å². The highest BCUT2D eigenvalue weighted by atomic mass is 32.1. The molecule has 1 aromatic carbocycles. The first kappa shape index (κ1) is 18.8. The number of carbonyl (C=O) groups is 2. The van der Waals surface area contributed by atoms with E-state index in [0.29, 0.717) is 49.5 Å². The molecule has 7 heteroatoms. The lowest BCUT2D eigenvalue weighted by atomic mass is 9.90. The number of rotatable bonds is 2. The Labute approximate surface area is 168 Å². The molecule has 1 spiro atoms. The van der Waals surface area contributed by atoms with E-state index in [1.54, 1.807) is 36.6 Å². The number of nitrogens with one attached hydrogen (secondary N) is 1. The molecule has 4 rings (SSSR count). The second-order valence-electron chi connectivity index (χ2n) is 7.47. The minimum Gasteiger partial charge on any atom is -0.497 e. The molecule has 1 saturated heterocycles. The molecule has 1 N–H and O–H groups in total. The maximum Gasteiger partial charge on any atom is 0.263 e. The number of thiophene rings is 1. The van der Waals surface area contributed by atoms with Crippen molar-refractivity contribution in [3.05, 3.63) is 45.1 Å². The highest BCUT2D eigenvalue weighted by Gasteiger charge is 2.41. The van der Waals surface area contributed by atoms with Crippen LogP contribution in [-0.2, 0) is 0 Å². The molecular weight excluding hydrogens is 376 g/mol. The van der Waals surface area contributed by atoms with Crippen molar-refractivity contribution in [2.45, 2.75) is 32.3 Å². The third-order valence-electron chi connectivity index (χ3n) is 5.67. The summed E-state index contributed by atoms with van der Waals surface area (Å²) in [5, 5.41) is 2.98. The Bertz CT molecular complexity index is 909. The number of benzene rings is 1. The molecule has 2 amide bonds. The van der Waals surface area contributed by atoms with Crippen LogP contribution in [0.1, 0.15) is 43.3 Å². The normalized spacial score (nSPS) is 18.1. The van der Waals surface area contributed by atoms with E-state index in [9.17, 15) is 9.59 Å². The standard InChI is InChI=1S/C21H24N2O4S/c1-13-10-18(28-14(13)2)20(25)23-8-6-21(7-9-23)12-22-19(24)16-11-15(26-3)4-5-17(16)27-21/h4-5,10-11H,6-9,12H2,1-3H3,(H,22,24). The third kappa shape index (κ3) is 3.35. The number of piperidine rings is 1. The molecule has 2 aromatic rings. The van der Waals surface area contributed by atoms with Gasteiger partial charge in [-0.3, -0.25) is 9.59 Å². The zero-order chi connectivity index (χ0) is 19.9. The number of carbonyl (C=O) groups excluding carboxylic acids is 2. The zero-order valence-corrected chi connectivity index (χ0v) is 17.1. The zero-order valence-electron chi connectivity index (χ0n) is 16.3. The van der Waals surface area contributed by atoms with Crippen LogP contribution in [0.4, 0.5) is 0 Å². The van der Waals surface area contributed by atoms with Gasteiger partial charge in [0.25, 0.3) is 11.8 Å². The molecule has 0 radical (unpaired) electrons. The van der Waals surface area contributed by atoms with Gasteiger partial charge in [0.05, 0.1) is 24.1 Å². The highest BCUT2D eigenvalue weighted by molar-refractivity contribution is 7.14. The topological polar surface area (TPSA) is 67.9 Å². The Morgan fingerprint density at radius 3 is 2.64 bits per heavy atom. The molecule has 0 atom stereocenters. The first-order chi connectivity index (χ1) is 13.4. The fourth-order valence-corrected chi connectivity index (χ4v) is 4.74. The predicted octanol–water partition coefficient (Wildman–Crippen LogP) is 3.17. The summed E-state index contributed by atoms with van der Waals surface area (Å²) < 4.78 is 11.6. The molecule has 28 heavy (non-hydrogen) atoms. The average molecular weight is 401 g/mol. The van der Waals surface area contributed by atoms with Gasteiger partial charge in [-0.05, 0) is 43.7 Å². The maximum absolute atomic E-state index is 12.8. The summed E-state index contributed by atoms with van der Waals surface area (Å²) in [4.78, 5) is 29.2. The fraction of sp³-hybridized carbons (Fsp3) is 0.429. The van der Waals surface area contributed by atoms with Crippen molar-refractivity contribution >= 4 is 23.2 Å². The van der Waals surface area contributed by atoms with E-state index < -0.39 is 5.60 Å². The predicted molar refractivity (Wildman–Crippen MR) is 108 cm³/mol. The molecule has 0 bridgehead atoms. The molecule has 0 aliphatic carbocycles. The van der Waals surface area contributed by atoms with Gasteiger partial charge in [-0.15, -0.1) is 11.3 Å². The van der Waals surface area contributed by atoms with E-state index in [2.05, 4.69) is 5.32 Å². The molecule has 3 heterocycles. The quantitative estimate of drug-likeness (QED) is 0.841. The molecule has 2 aliphatic rings. The van der Waals surface area contributed by atoms with Crippen molar-refractivity contribution in [2.75, 3.05) is 26.7 Å². The summed E-state index contributed by atoms with van der Waals surface area (Å²) in [6, 6.07) is 7.25. The number of fused-ring (bicyclic) bond motifs is 1. The van der Waals surface area contributed by atoms with Crippen molar-refractivity contribution in [1.82, 2.24) is 10.2 Å². The first-order valence-electron chi connectivity index (χ1n) is 9.42. The van der Waals surface area contributed by atoms with Gasteiger partial charge < -0.3 is 19.7 Å².